The van der Waals surface area contributed by atoms with Crippen molar-refractivity contribution < 1.29 is 0 Å². The number of nitrogens with zero attached hydrogens (tertiary/aromatic N) is 2. The van der Waals surface area contributed by atoms with Gasteiger partial charge in [-0.05, 0) is 57.3 Å². The predicted octanol–water partition coefficient (Wildman–Crippen LogP) is 8.73. The molecule has 0 atom stereocenters. The van der Waals surface area contributed by atoms with Gasteiger partial charge in [0.2, 0.25) is 0 Å². The Morgan fingerprint density at radius 2 is 1.00 bits per heavy atom. The second kappa shape index (κ2) is 8.01. The Kier molecular flexibility index (Phi) is 4.67. The number of hydrogen-bond acceptors (Lipinski definition) is 4. The van der Waals surface area contributed by atoms with Crippen LogP contribution in [-0.4, -0.2) is 9.97 Å². The van der Waals surface area contributed by atoms with Gasteiger partial charge in [0, 0.05) is 9.79 Å². The number of aromatic nitrogens is 2. The van der Waals surface area contributed by atoms with Crippen molar-refractivity contribution in [2.24, 2.45) is 0 Å². The first-order chi connectivity index (χ1) is 16.8. The lowest BCUT2D eigenvalue weighted by Gasteiger charge is -2.19. The number of rotatable bonds is 2. The van der Waals surface area contributed by atoms with Crippen molar-refractivity contribution in [3.05, 3.63) is 109 Å². The van der Waals surface area contributed by atoms with E-state index in [1.165, 1.54) is 42.8 Å². The molecule has 0 amide bonds. The molecule has 1 aromatic heterocycles. The predicted molar refractivity (Wildman–Crippen MR) is 143 cm³/mol. The van der Waals surface area contributed by atoms with Crippen LogP contribution in [0.3, 0.4) is 0 Å². The standard InChI is InChI=1S/C30H18N2S2/c1-2-8-19(9-3-1)21-15-16-22(24-11-5-4-10-23(21)24)20-14-17-27-28(18-20)34-30-29(33-27)31-25-12-6-7-13-26(25)32-30/h1-18H. The van der Waals surface area contributed by atoms with Gasteiger partial charge >= 0.3 is 0 Å². The Morgan fingerprint density at radius 3 is 1.68 bits per heavy atom. The molecule has 7 rings (SSSR count). The third kappa shape index (κ3) is 3.30. The third-order valence-electron chi connectivity index (χ3n) is 6.19. The van der Waals surface area contributed by atoms with Crippen molar-refractivity contribution in [1.82, 2.24) is 9.97 Å². The van der Waals surface area contributed by atoms with Crippen LogP contribution in [-0.2, 0) is 0 Å². The fraction of sp³-hybridized carbons (Fsp3) is 0. The van der Waals surface area contributed by atoms with Gasteiger partial charge in [-0.2, -0.15) is 0 Å². The third-order valence-corrected chi connectivity index (χ3v) is 8.53. The summed E-state index contributed by atoms with van der Waals surface area (Å²) >= 11 is 3.43. The summed E-state index contributed by atoms with van der Waals surface area (Å²) in [6.45, 7) is 0. The topological polar surface area (TPSA) is 25.8 Å². The Balaban J connectivity index is 1.34. The minimum Gasteiger partial charge on any atom is -0.237 e. The summed E-state index contributed by atoms with van der Waals surface area (Å²) < 4.78 is 0. The lowest BCUT2D eigenvalue weighted by atomic mass is 9.92. The van der Waals surface area contributed by atoms with E-state index in [1.807, 2.05) is 24.3 Å². The smallest absolute Gasteiger partial charge is 0.134 e. The van der Waals surface area contributed by atoms with Crippen molar-refractivity contribution in [2.75, 3.05) is 0 Å². The zero-order chi connectivity index (χ0) is 22.5. The summed E-state index contributed by atoms with van der Waals surface area (Å²) in [5.74, 6) is 0. The molecule has 1 aliphatic rings. The Morgan fingerprint density at radius 1 is 0.441 bits per heavy atom. The van der Waals surface area contributed by atoms with E-state index in [2.05, 4.69) is 84.9 Å². The molecule has 0 saturated carbocycles. The van der Waals surface area contributed by atoms with Gasteiger partial charge in [-0.3, -0.25) is 0 Å². The van der Waals surface area contributed by atoms with Crippen molar-refractivity contribution in [3.8, 4) is 22.3 Å². The zero-order valence-corrected chi connectivity index (χ0v) is 19.7. The molecule has 0 bridgehead atoms. The fourth-order valence-corrected chi connectivity index (χ4v) is 6.69. The van der Waals surface area contributed by atoms with E-state index < -0.39 is 0 Å². The first kappa shape index (κ1) is 19.8. The van der Waals surface area contributed by atoms with Crippen LogP contribution < -0.4 is 0 Å². The molecule has 1 aliphatic heterocycles. The van der Waals surface area contributed by atoms with E-state index in [-0.39, 0.29) is 0 Å². The van der Waals surface area contributed by atoms with Crippen molar-refractivity contribution in [2.45, 2.75) is 19.8 Å². The quantitative estimate of drug-likeness (QED) is 0.252. The molecule has 4 heteroatoms. The van der Waals surface area contributed by atoms with E-state index in [4.69, 9.17) is 9.97 Å². The molecule has 5 aromatic carbocycles. The summed E-state index contributed by atoms with van der Waals surface area (Å²) in [6, 6.07) is 38.7. The molecule has 6 aromatic rings. The highest BCUT2D eigenvalue weighted by Gasteiger charge is 2.21. The molecular weight excluding hydrogens is 452 g/mol. The van der Waals surface area contributed by atoms with Gasteiger partial charge in [-0.15, -0.1) is 0 Å². The van der Waals surface area contributed by atoms with Crippen LogP contribution in [0.2, 0.25) is 0 Å². The van der Waals surface area contributed by atoms with Gasteiger partial charge in [-0.25, -0.2) is 9.97 Å². The molecular formula is C30H18N2S2. The Labute approximate surface area is 206 Å². The molecule has 2 nitrogen and oxygen atoms in total. The van der Waals surface area contributed by atoms with Crippen LogP contribution in [0.25, 0.3) is 44.1 Å². The van der Waals surface area contributed by atoms with Gasteiger partial charge in [0.15, 0.2) is 0 Å². The van der Waals surface area contributed by atoms with Crippen LogP contribution in [0.4, 0.5) is 0 Å². The monoisotopic (exact) mass is 470 g/mol. The first-order valence-electron chi connectivity index (χ1n) is 11.2. The minimum absolute atomic E-state index is 0.941. The molecule has 0 radical (unpaired) electrons. The van der Waals surface area contributed by atoms with E-state index in [0.29, 0.717) is 0 Å². The molecule has 0 saturated heterocycles. The normalized spacial score (nSPS) is 12.5. The Bertz CT molecular complexity index is 1710. The maximum absolute atomic E-state index is 4.89. The highest BCUT2D eigenvalue weighted by molar-refractivity contribution is 8.05. The summed E-state index contributed by atoms with van der Waals surface area (Å²) in [5.41, 5.74) is 6.86. The summed E-state index contributed by atoms with van der Waals surface area (Å²) in [4.78, 5) is 12.2. The van der Waals surface area contributed by atoms with Crippen molar-refractivity contribution >= 4 is 45.3 Å². The molecule has 0 fully saturated rings. The van der Waals surface area contributed by atoms with Gasteiger partial charge in [0.05, 0.1) is 11.0 Å². The lowest BCUT2D eigenvalue weighted by Crippen LogP contribution is -1.97. The lowest BCUT2D eigenvalue weighted by molar-refractivity contribution is 0.953. The SMILES string of the molecule is c1ccc(-c2ccc(-c3ccc4c(c3)Sc3nc5ccccc5nc3S4)c3ccccc23)cc1. The average Bonchev–Trinajstić information content (AvgIpc) is 2.90. The molecule has 0 aliphatic carbocycles. The molecule has 0 N–H and O–H groups in total. The maximum Gasteiger partial charge on any atom is 0.134 e. The minimum atomic E-state index is 0.941. The van der Waals surface area contributed by atoms with Gasteiger partial charge in [-0.1, -0.05) is 108 Å². The number of para-hydroxylation sites is 2. The van der Waals surface area contributed by atoms with Crippen molar-refractivity contribution in [3.63, 3.8) is 0 Å². The van der Waals surface area contributed by atoms with Crippen LogP contribution >= 0.6 is 23.5 Å². The molecule has 160 valence electrons. The van der Waals surface area contributed by atoms with E-state index in [0.717, 1.165) is 21.1 Å². The van der Waals surface area contributed by atoms with E-state index in [1.54, 1.807) is 23.5 Å². The Hall–Kier alpha value is -3.60. The molecule has 0 unspecified atom stereocenters. The van der Waals surface area contributed by atoms with Crippen LogP contribution in [0, 0.1) is 0 Å². The van der Waals surface area contributed by atoms with Crippen LogP contribution in [0.5, 0.6) is 0 Å². The fourth-order valence-electron chi connectivity index (χ4n) is 4.57. The van der Waals surface area contributed by atoms with Gasteiger partial charge < -0.3 is 0 Å². The number of fused-ring (bicyclic) bond motifs is 4. The van der Waals surface area contributed by atoms with Gasteiger partial charge in [0.1, 0.15) is 10.1 Å². The average molecular weight is 471 g/mol. The first-order valence-corrected chi connectivity index (χ1v) is 12.8. The van der Waals surface area contributed by atoms with E-state index in [9.17, 15) is 0 Å². The van der Waals surface area contributed by atoms with Gasteiger partial charge in [0.25, 0.3) is 0 Å². The van der Waals surface area contributed by atoms with E-state index >= 15 is 0 Å². The summed E-state index contributed by atoms with van der Waals surface area (Å²) in [6.07, 6.45) is 0. The second-order valence-electron chi connectivity index (χ2n) is 8.26. The highest BCUT2D eigenvalue weighted by Crippen LogP contribution is 2.48. The summed E-state index contributed by atoms with van der Waals surface area (Å²) in [7, 11) is 0. The zero-order valence-electron chi connectivity index (χ0n) is 18.1. The second-order valence-corrected chi connectivity index (χ2v) is 10.3. The highest BCUT2D eigenvalue weighted by atomic mass is 32.2. The van der Waals surface area contributed by atoms with Crippen molar-refractivity contribution in [1.29, 1.82) is 0 Å². The van der Waals surface area contributed by atoms with Crippen LogP contribution in [0.15, 0.2) is 129 Å². The molecule has 0 spiro atoms. The number of hydrogen-bond donors (Lipinski definition) is 0. The van der Waals surface area contributed by atoms with Crippen LogP contribution in [0.1, 0.15) is 0 Å². The largest absolute Gasteiger partial charge is 0.237 e. The number of benzene rings is 5. The maximum atomic E-state index is 4.89. The molecule has 2 heterocycles. The summed E-state index contributed by atoms with van der Waals surface area (Å²) in [5, 5.41) is 4.51. The molecule has 34 heavy (non-hydrogen) atoms.